The molecule has 3 saturated heterocycles. The maximum atomic E-state index is 6.06. The number of morpholine rings is 1. The number of hydrogen-bond donors (Lipinski definition) is 2. The lowest BCUT2D eigenvalue weighted by atomic mass is 10.1. The van der Waals surface area contributed by atoms with Gasteiger partial charge in [-0.25, -0.2) is 0 Å². The first-order chi connectivity index (χ1) is 13.7. The molecule has 4 rings (SSSR count). The van der Waals surface area contributed by atoms with Crippen LogP contribution in [-0.2, 0) is 4.74 Å². The molecule has 0 bridgehead atoms. The van der Waals surface area contributed by atoms with Crippen LogP contribution in [0.25, 0.3) is 0 Å². The molecule has 0 aromatic heterocycles. The van der Waals surface area contributed by atoms with Gasteiger partial charge in [-0.15, -0.1) is 0 Å². The highest BCUT2D eigenvalue weighted by atomic mass is 16.5. The zero-order valence-corrected chi connectivity index (χ0v) is 17.4. The molecule has 3 atom stereocenters. The second-order valence-electron chi connectivity index (χ2n) is 8.35. The maximum absolute atomic E-state index is 6.06. The van der Waals surface area contributed by atoms with Crippen molar-refractivity contribution in [2.24, 2.45) is 4.99 Å². The SMILES string of the molecule is CN=C(NCC1CN2CCCC2CO1)NC(C)c1cccc(N2CCCC2)c1. The Balaban J connectivity index is 1.29. The van der Waals surface area contributed by atoms with Crippen LogP contribution in [0.2, 0.25) is 0 Å². The molecule has 0 spiro atoms. The van der Waals surface area contributed by atoms with Crippen LogP contribution in [0.5, 0.6) is 0 Å². The molecule has 6 nitrogen and oxygen atoms in total. The van der Waals surface area contributed by atoms with Gasteiger partial charge in [0.05, 0.1) is 18.8 Å². The number of nitrogens with one attached hydrogen (secondary N) is 2. The number of rotatable bonds is 5. The number of benzene rings is 1. The number of hydrogen-bond acceptors (Lipinski definition) is 4. The van der Waals surface area contributed by atoms with E-state index in [0.717, 1.165) is 25.7 Å². The molecule has 6 heteroatoms. The molecule has 3 aliphatic rings. The topological polar surface area (TPSA) is 52.1 Å². The zero-order valence-electron chi connectivity index (χ0n) is 17.4. The van der Waals surface area contributed by atoms with E-state index in [0.29, 0.717) is 6.04 Å². The van der Waals surface area contributed by atoms with Gasteiger partial charge in [0, 0.05) is 45.0 Å². The van der Waals surface area contributed by atoms with Crippen LogP contribution in [0.15, 0.2) is 29.3 Å². The first-order valence-corrected chi connectivity index (χ1v) is 10.9. The van der Waals surface area contributed by atoms with Crippen LogP contribution in [0.3, 0.4) is 0 Å². The van der Waals surface area contributed by atoms with E-state index >= 15 is 0 Å². The van der Waals surface area contributed by atoms with Crippen molar-refractivity contribution in [3.05, 3.63) is 29.8 Å². The molecule has 154 valence electrons. The minimum atomic E-state index is 0.198. The van der Waals surface area contributed by atoms with E-state index < -0.39 is 0 Å². The van der Waals surface area contributed by atoms with Gasteiger partial charge >= 0.3 is 0 Å². The van der Waals surface area contributed by atoms with Crippen molar-refractivity contribution < 1.29 is 4.74 Å². The number of guanidine groups is 1. The smallest absolute Gasteiger partial charge is 0.191 e. The predicted molar refractivity (Wildman–Crippen MR) is 115 cm³/mol. The highest BCUT2D eigenvalue weighted by molar-refractivity contribution is 5.80. The summed E-state index contributed by atoms with van der Waals surface area (Å²) in [6, 6.07) is 9.75. The summed E-state index contributed by atoms with van der Waals surface area (Å²) in [6.45, 7) is 8.47. The molecular formula is C22H35N5O. The molecule has 28 heavy (non-hydrogen) atoms. The molecule has 2 N–H and O–H groups in total. The summed E-state index contributed by atoms with van der Waals surface area (Å²) >= 11 is 0. The largest absolute Gasteiger partial charge is 0.373 e. The zero-order chi connectivity index (χ0) is 19.3. The Morgan fingerprint density at radius 3 is 2.93 bits per heavy atom. The van der Waals surface area contributed by atoms with Crippen molar-refractivity contribution in [1.82, 2.24) is 15.5 Å². The Morgan fingerprint density at radius 2 is 2.11 bits per heavy atom. The Bertz CT molecular complexity index is 673. The molecule has 1 aromatic carbocycles. The molecule has 3 unspecified atom stereocenters. The van der Waals surface area contributed by atoms with Crippen LogP contribution >= 0.6 is 0 Å². The number of aliphatic imine (C=N–C) groups is 1. The van der Waals surface area contributed by atoms with E-state index in [4.69, 9.17) is 4.74 Å². The highest BCUT2D eigenvalue weighted by Crippen LogP contribution is 2.24. The first-order valence-electron chi connectivity index (χ1n) is 10.9. The number of anilines is 1. The van der Waals surface area contributed by atoms with Crippen LogP contribution < -0.4 is 15.5 Å². The van der Waals surface area contributed by atoms with Crippen molar-refractivity contribution >= 4 is 11.6 Å². The lowest BCUT2D eigenvalue weighted by molar-refractivity contribution is -0.0453. The summed E-state index contributed by atoms with van der Waals surface area (Å²) in [7, 11) is 1.83. The monoisotopic (exact) mass is 385 g/mol. The van der Waals surface area contributed by atoms with E-state index in [1.165, 1.54) is 56.6 Å². The highest BCUT2D eigenvalue weighted by Gasteiger charge is 2.32. The molecule has 1 aromatic rings. The third-order valence-electron chi connectivity index (χ3n) is 6.38. The minimum absolute atomic E-state index is 0.198. The molecule has 3 fully saturated rings. The standard InChI is InChI=1S/C22H35N5O/c1-17(18-7-5-8-19(13-18)26-10-3-4-11-26)25-22(23-2)24-14-21-15-27-12-6-9-20(27)16-28-21/h5,7-8,13,17,20-21H,3-4,6,9-12,14-16H2,1-2H3,(H2,23,24,25). The first kappa shape index (κ1) is 19.5. The van der Waals surface area contributed by atoms with Crippen molar-refractivity contribution in [3.8, 4) is 0 Å². The average Bonchev–Trinajstić information content (AvgIpc) is 3.42. The third-order valence-corrected chi connectivity index (χ3v) is 6.38. The Hall–Kier alpha value is -1.79. The molecule has 0 amide bonds. The van der Waals surface area contributed by atoms with Gasteiger partial charge in [0.15, 0.2) is 5.96 Å². The van der Waals surface area contributed by atoms with Crippen molar-refractivity contribution in [3.63, 3.8) is 0 Å². The summed E-state index contributed by atoms with van der Waals surface area (Å²) in [5, 5.41) is 7.00. The fourth-order valence-electron chi connectivity index (χ4n) is 4.67. The number of ether oxygens (including phenoxy) is 1. The van der Waals surface area contributed by atoms with E-state index in [1.54, 1.807) is 0 Å². The van der Waals surface area contributed by atoms with E-state index in [9.17, 15) is 0 Å². The van der Waals surface area contributed by atoms with Gasteiger partial charge < -0.3 is 20.3 Å². The molecule has 3 heterocycles. The van der Waals surface area contributed by atoms with Gasteiger partial charge in [-0.1, -0.05) is 12.1 Å². The fraction of sp³-hybridized carbons (Fsp3) is 0.682. The van der Waals surface area contributed by atoms with Gasteiger partial charge in [-0.2, -0.15) is 0 Å². The fourth-order valence-corrected chi connectivity index (χ4v) is 4.67. The lowest BCUT2D eigenvalue weighted by Crippen LogP contribution is -2.51. The second kappa shape index (κ2) is 9.14. The minimum Gasteiger partial charge on any atom is -0.373 e. The molecular weight excluding hydrogens is 350 g/mol. The van der Waals surface area contributed by atoms with E-state index in [2.05, 4.69) is 56.6 Å². The predicted octanol–water partition coefficient (Wildman–Crippen LogP) is 2.38. The summed E-state index contributed by atoms with van der Waals surface area (Å²) in [6.07, 6.45) is 5.44. The number of nitrogens with zero attached hydrogens (tertiary/aromatic N) is 3. The Kier molecular flexibility index (Phi) is 6.37. The molecule has 0 aliphatic carbocycles. The molecule has 0 saturated carbocycles. The third kappa shape index (κ3) is 4.61. The molecule has 0 radical (unpaired) electrons. The van der Waals surface area contributed by atoms with Gasteiger partial charge in [-0.3, -0.25) is 9.89 Å². The maximum Gasteiger partial charge on any atom is 0.191 e. The van der Waals surface area contributed by atoms with Gasteiger partial charge in [0.1, 0.15) is 0 Å². The Labute approximate surface area is 169 Å². The Morgan fingerprint density at radius 1 is 1.25 bits per heavy atom. The summed E-state index contributed by atoms with van der Waals surface area (Å²) in [5.41, 5.74) is 2.63. The normalized spacial score (nSPS) is 26.9. The van der Waals surface area contributed by atoms with Crippen LogP contribution in [0, 0.1) is 0 Å². The number of fused-ring (bicyclic) bond motifs is 1. The second-order valence-corrected chi connectivity index (χ2v) is 8.35. The van der Waals surface area contributed by atoms with Crippen LogP contribution in [0.4, 0.5) is 5.69 Å². The van der Waals surface area contributed by atoms with E-state index in [-0.39, 0.29) is 12.1 Å². The van der Waals surface area contributed by atoms with Crippen molar-refractivity contribution in [2.75, 3.05) is 51.3 Å². The van der Waals surface area contributed by atoms with Crippen LogP contribution in [0.1, 0.15) is 44.2 Å². The molecule has 3 aliphatic heterocycles. The van der Waals surface area contributed by atoms with Gasteiger partial charge in [-0.05, 0) is 56.8 Å². The van der Waals surface area contributed by atoms with Crippen molar-refractivity contribution in [2.45, 2.75) is 50.8 Å². The summed E-state index contributed by atoms with van der Waals surface area (Å²) < 4.78 is 6.06. The summed E-state index contributed by atoms with van der Waals surface area (Å²) in [4.78, 5) is 9.48. The summed E-state index contributed by atoms with van der Waals surface area (Å²) in [5.74, 6) is 0.839. The average molecular weight is 386 g/mol. The quantitative estimate of drug-likeness (QED) is 0.602. The van der Waals surface area contributed by atoms with E-state index in [1.807, 2.05) is 7.05 Å². The van der Waals surface area contributed by atoms with Crippen LogP contribution in [-0.4, -0.2) is 69.4 Å². The lowest BCUT2D eigenvalue weighted by Gasteiger charge is -2.35. The van der Waals surface area contributed by atoms with Crippen molar-refractivity contribution in [1.29, 1.82) is 0 Å². The van der Waals surface area contributed by atoms with Gasteiger partial charge in [0.2, 0.25) is 0 Å². The van der Waals surface area contributed by atoms with Gasteiger partial charge in [0.25, 0.3) is 0 Å².